The number of rotatable bonds is 10. The largest absolute Gasteiger partial charge is 0.375 e. The monoisotopic (exact) mass is 560 g/mol. The quantitative estimate of drug-likeness (QED) is 0.203. The van der Waals surface area contributed by atoms with Gasteiger partial charge in [0.2, 0.25) is 5.91 Å². The molecule has 2 amide bonds. The highest BCUT2D eigenvalue weighted by molar-refractivity contribution is 7.13. The summed E-state index contributed by atoms with van der Waals surface area (Å²) < 4.78 is 0. The third kappa shape index (κ3) is 7.07. The Labute approximate surface area is 244 Å². The van der Waals surface area contributed by atoms with Crippen molar-refractivity contribution in [1.82, 2.24) is 14.8 Å². The lowest BCUT2D eigenvalue weighted by molar-refractivity contribution is -0.135. The fourth-order valence-electron chi connectivity index (χ4n) is 4.78. The highest BCUT2D eigenvalue weighted by Gasteiger charge is 2.26. The summed E-state index contributed by atoms with van der Waals surface area (Å²) in [5.74, 6) is -0.331. The van der Waals surface area contributed by atoms with Crippen LogP contribution in [0, 0.1) is 0 Å². The molecule has 6 nitrogen and oxygen atoms in total. The lowest BCUT2D eigenvalue weighted by Crippen LogP contribution is -2.43. The van der Waals surface area contributed by atoms with Crippen molar-refractivity contribution in [3.05, 3.63) is 143 Å². The Morgan fingerprint density at radius 2 is 1.34 bits per heavy atom. The summed E-state index contributed by atoms with van der Waals surface area (Å²) >= 11 is 1.38. The van der Waals surface area contributed by atoms with Crippen molar-refractivity contribution < 1.29 is 9.59 Å². The van der Waals surface area contributed by atoms with Gasteiger partial charge in [-0.15, -0.1) is 11.3 Å². The summed E-state index contributed by atoms with van der Waals surface area (Å²) in [4.78, 5) is 35.7. The van der Waals surface area contributed by atoms with Gasteiger partial charge in [0.1, 0.15) is 6.54 Å². The summed E-state index contributed by atoms with van der Waals surface area (Å²) in [5, 5.41) is 2.39. The van der Waals surface area contributed by atoms with Crippen LogP contribution in [0.5, 0.6) is 0 Å². The molecule has 2 N–H and O–H groups in total. The molecule has 0 bridgehead atoms. The molecule has 0 radical (unpaired) electrons. The van der Waals surface area contributed by atoms with E-state index in [9.17, 15) is 9.59 Å². The summed E-state index contributed by atoms with van der Waals surface area (Å²) in [6.07, 6.45) is 0. The second-order valence-corrected chi connectivity index (χ2v) is 10.8. The summed E-state index contributed by atoms with van der Waals surface area (Å²) in [6, 6.07) is 36.8. The van der Waals surface area contributed by atoms with Gasteiger partial charge in [-0.2, -0.15) is 0 Å². The maximum absolute atomic E-state index is 14.1. The van der Waals surface area contributed by atoms with Crippen LogP contribution in [0.3, 0.4) is 0 Å². The number of carbonyl (C=O) groups is 2. The standard InChI is InChI=1S/C34H32N4O2S/c1-25(28-15-9-4-10-16-28)38(22-27-13-7-3-8-14-27)32(39)23-37(21-26-11-5-2-6-12-26)33(40)30-19-17-29(18-20-30)31-24-41-34(35)36-31/h2-20,24-25H,21-23H2,1H3,(H2,35,36). The number of thiazole rings is 1. The molecule has 206 valence electrons. The molecule has 4 aromatic carbocycles. The fraction of sp³-hybridized carbons (Fsp3) is 0.147. The summed E-state index contributed by atoms with van der Waals surface area (Å²) in [6.45, 7) is 2.73. The number of carbonyl (C=O) groups excluding carboxylic acids is 2. The van der Waals surface area contributed by atoms with Crippen molar-refractivity contribution in [3.8, 4) is 11.3 Å². The zero-order valence-corrected chi connectivity index (χ0v) is 23.7. The van der Waals surface area contributed by atoms with Crippen LogP contribution in [0.1, 0.15) is 40.0 Å². The first-order chi connectivity index (χ1) is 20.0. The molecule has 0 aliphatic heterocycles. The van der Waals surface area contributed by atoms with Gasteiger partial charge in [-0.3, -0.25) is 9.59 Å². The number of nitrogen functional groups attached to an aromatic ring is 1. The van der Waals surface area contributed by atoms with Gasteiger partial charge in [0, 0.05) is 29.6 Å². The summed E-state index contributed by atoms with van der Waals surface area (Å²) in [5.41, 5.74) is 11.0. The van der Waals surface area contributed by atoms with E-state index < -0.39 is 0 Å². The van der Waals surface area contributed by atoms with Gasteiger partial charge in [0.25, 0.3) is 5.91 Å². The van der Waals surface area contributed by atoms with Gasteiger partial charge >= 0.3 is 0 Å². The average Bonchev–Trinajstić information content (AvgIpc) is 3.46. The minimum absolute atomic E-state index is 0.0535. The van der Waals surface area contributed by atoms with Crippen LogP contribution < -0.4 is 5.73 Å². The van der Waals surface area contributed by atoms with Crippen LogP contribution in [0.4, 0.5) is 5.13 Å². The predicted octanol–water partition coefficient (Wildman–Crippen LogP) is 6.82. The molecule has 0 saturated heterocycles. The van der Waals surface area contributed by atoms with E-state index in [1.807, 2.05) is 120 Å². The van der Waals surface area contributed by atoms with E-state index in [2.05, 4.69) is 4.98 Å². The molecule has 0 saturated carbocycles. The smallest absolute Gasteiger partial charge is 0.254 e. The lowest BCUT2D eigenvalue weighted by Gasteiger charge is -2.32. The molecule has 0 spiro atoms. The van der Waals surface area contributed by atoms with E-state index in [0.717, 1.165) is 27.9 Å². The number of anilines is 1. The molecule has 5 aromatic rings. The van der Waals surface area contributed by atoms with Crippen LogP contribution in [0.25, 0.3) is 11.3 Å². The Bertz CT molecular complexity index is 1570. The zero-order valence-electron chi connectivity index (χ0n) is 22.9. The third-order valence-electron chi connectivity index (χ3n) is 7.04. The highest BCUT2D eigenvalue weighted by atomic mass is 32.1. The predicted molar refractivity (Wildman–Crippen MR) is 165 cm³/mol. The number of aromatic nitrogens is 1. The van der Waals surface area contributed by atoms with Gasteiger partial charge in [0.05, 0.1) is 11.7 Å². The van der Waals surface area contributed by atoms with Crippen LogP contribution >= 0.6 is 11.3 Å². The number of benzene rings is 4. The van der Waals surface area contributed by atoms with Crippen molar-refractivity contribution >= 4 is 28.3 Å². The molecule has 5 rings (SSSR count). The van der Waals surface area contributed by atoms with Crippen molar-refractivity contribution in [1.29, 1.82) is 0 Å². The first-order valence-electron chi connectivity index (χ1n) is 13.5. The maximum Gasteiger partial charge on any atom is 0.254 e. The second kappa shape index (κ2) is 13.1. The van der Waals surface area contributed by atoms with E-state index in [0.29, 0.717) is 23.8 Å². The topological polar surface area (TPSA) is 79.5 Å². The van der Waals surface area contributed by atoms with Gasteiger partial charge < -0.3 is 15.5 Å². The average molecular weight is 561 g/mol. The fourth-order valence-corrected chi connectivity index (χ4v) is 5.35. The molecule has 0 aliphatic rings. The molecule has 1 aromatic heterocycles. The van der Waals surface area contributed by atoms with Crippen molar-refractivity contribution in [2.24, 2.45) is 0 Å². The molecule has 0 aliphatic carbocycles. The molecule has 7 heteroatoms. The first-order valence-corrected chi connectivity index (χ1v) is 14.4. The minimum atomic E-state index is -0.210. The highest BCUT2D eigenvalue weighted by Crippen LogP contribution is 2.25. The Morgan fingerprint density at radius 1 is 0.780 bits per heavy atom. The molecule has 0 fully saturated rings. The van der Waals surface area contributed by atoms with E-state index in [-0.39, 0.29) is 24.4 Å². The van der Waals surface area contributed by atoms with Crippen LogP contribution in [-0.4, -0.2) is 33.1 Å². The van der Waals surface area contributed by atoms with Crippen molar-refractivity contribution in [2.75, 3.05) is 12.3 Å². The van der Waals surface area contributed by atoms with Crippen LogP contribution in [0.15, 0.2) is 121 Å². The lowest BCUT2D eigenvalue weighted by atomic mass is 10.1. The first kappa shape index (κ1) is 27.8. The second-order valence-electron chi connectivity index (χ2n) is 9.89. The van der Waals surface area contributed by atoms with E-state index in [1.165, 1.54) is 11.3 Å². The van der Waals surface area contributed by atoms with E-state index >= 15 is 0 Å². The normalized spacial score (nSPS) is 11.5. The van der Waals surface area contributed by atoms with Gasteiger partial charge in [-0.05, 0) is 35.7 Å². The Kier molecular flexibility index (Phi) is 8.86. The minimum Gasteiger partial charge on any atom is -0.375 e. The maximum atomic E-state index is 14.1. The number of amides is 2. The number of hydrogen-bond donors (Lipinski definition) is 1. The van der Waals surface area contributed by atoms with Crippen LogP contribution in [-0.2, 0) is 17.9 Å². The molecule has 41 heavy (non-hydrogen) atoms. The van der Waals surface area contributed by atoms with Gasteiger partial charge in [-0.25, -0.2) is 4.98 Å². The van der Waals surface area contributed by atoms with Crippen LogP contribution in [0.2, 0.25) is 0 Å². The Morgan fingerprint density at radius 3 is 1.90 bits per heavy atom. The molecular weight excluding hydrogens is 528 g/mol. The Hall–Kier alpha value is -4.75. The molecule has 1 unspecified atom stereocenters. The van der Waals surface area contributed by atoms with Gasteiger partial charge in [-0.1, -0.05) is 103 Å². The van der Waals surface area contributed by atoms with Crippen molar-refractivity contribution in [3.63, 3.8) is 0 Å². The summed E-state index contributed by atoms with van der Waals surface area (Å²) in [7, 11) is 0. The Balaban J connectivity index is 1.42. The SMILES string of the molecule is CC(c1ccccc1)N(Cc1ccccc1)C(=O)CN(Cc1ccccc1)C(=O)c1ccc(-c2csc(N)n2)cc1. The number of nitrogens with zero attached hydrogens (tertiary/aromatic N) is 3. The molecular formula is C34H32N4O2S. The van der Waals surface area contributed by atoms with E-state index in [1.54, 1.807) is 17.0 Å². The number of nitrogens with two attached hydrogens (primary N) is 1. The zero-order chi connectivity index (χ0) is 28.6. The van der Waals surface area contributed by atoms with Crippen molar-refractivity contribution in [2.45, 2.75) is 26.1 Å². The van der Waals surface area contributed by atoms with E-state index in [4.69, 9.17) is 5.73 Å². The molecule has 1 heterocycles. The number of hydrogen-bond acceptors (Lipinski definition) is 5. The van der Waals surface area contributed by atoms with Gasteiger partial charge in [0.15, 0.2) is 5.13 Å². The molecule has 1 atom stereocenters. The third-order valence-corrected chi connectivity index (χ3v) is 7.72.